The average molecular weight is 397 g/mol. The van der Waals surface area contributed by atoms with Crippen molar-refractivity contribution in [2.75, 3.05) is 31.3 Å². The molecule has 0 aliphatic carbocycles. The molecule has 2 aliphatic heterocycles. The van der Waals surface area contributed by atoms with Gasteiger partial charge in [0.2, 0.25) is 0 Å². The molecule has 4 rings (SSSR count). The summed E-state index contributed by atoms with van der Waals surface area (Å²) in [6.45, 7) is 4.23. The topological polar surface area (TPSA) is 89.6 Å². The minimum Gasteiger partial charge on any atom is -0.327 e. The van der Waals surface area contributed by atoms with Crippen molar-refractivity contribution in [2.24, 2.45) is 0 Å². The molecule has 1 aromatic carbocycles. The maximum atomic E-state index is 12.4. The summed E-state index contributed by atoms with van der Waals surface area (Å²) in [5, 5.41) is 0.621. The molecule has 2 aliphatic rings. The highest BCUT2D eigenvalue weighted by Crippen LogP contribution is 2.31. The van der Waals surface area contributed by atoms with E-state index < -0.39 is 0 Å². The van der Waals surface area contributed by atoms with Gasteiger partial charge in [0.05, 0.1) is 11.1 Å². The van der Waals surface area contributed by atoms with E-state index in [4.69, 9.17) is 0 Å². The van der Waals surface area contributed by atoms with E-state index in [0.29, 0.717) is 52.3 Å². The van der Waals surface area contributed by atoms with Crippen LogP contribution in [0.3, 0.4) is 0 Å². The maximum Gasteiger partial charge on any atom is 0.279 e. The number of rotatable bonds is 5. The second-order valence-corrected chi connectivity index (χ2v) is 7.67. The Morgan fingerprint density at radius 3 is 2.32 bits per heavy atom. The number of hydrogen-bond acceptors (Lipinski definition) is 6. The summed E-state index contributed by atoms with van der Waals surface area (Å²) in [6, 6.07) is 6.87. The fraction of sp³-hybridized carbons (Fsp3) is 0.263. The Kier molecular flexibility index (Phi) is 4.46. The van der Waals surface area contributed by atoms with Crippen LogP contribution in [0.25, 0.3) is 0 Å². The summed E-state index contributed by atoms with van der Waals surface area (Å²) < 4.78 is 0. The molecule has 28 heavy (non-hydrogen) atoms. The normalized spacial score (nSPS) is 16.1. The largest absolute Gasteiger partial charge is 0.327 e. The lowest BCUT2D eigenvalue weighted by Gasteiger charge is -2.31. The Bertz CT molecular complexity index is 980. The zero-order valence-corrected chi connectivity index (χ0v) is 16.4. The van der Waals surface area contributed by atoms with Crippen molar-refractivity contribution < 1.29 is 14.4 Å². The van der Waals surface area contributed by atoms with E-state index in [1.165, 1.54) is 21.6 Å². The number of carbonyl (C=O) groups excluding carboxylic acids is 3. The van der Waals surface area contributed by atoms with Crippen molar-refractivity contribution in [1.82, 2.24) is 19.8 Å². The molecule has 144 valence electrons. The lowest BCUT2D eigenvalue weighted by molar-refractivity contribution is 0.0654. The van der Waals surface area contributed by atoms with Crippen LogP contribution in [0.15, 0.2) is 41.8 Å². The predicted molar refractivity (Wildman–Crippen MR) is 105 cm³/mol. The lowest BCUT2D eigenvalue weighted by atomic mass is 10.1. The third-order valence-corrected chi connectivity index (χ3v) is 5.88. The van der Waals surface area contributed by atoms with E-state index in [1.807, 2.05) is 7.05 Å². The first kappa shape index (κ1) is 18.3. The van der Waals surface area contributed by atoms with Gasteiger partial charge in [-0.2, -0.15) is 0 Å². The van der Waals surface area contributed by atoms with Crippen LogP contribution in [0.4, 0.5) is 5.82 Å². The van der Waals surface area contributed by atoms with Gasteiger partial charge in [0.25, 0.3) is 17.7 Å². The van der Waals surface area contributed by atoms with Crippen LogP contribution in [0.1, 0.15) is 37.6 Å². The average Bonchev–Trinajstić information content (AvgIpc) is 3.23. The summed E-state index contributed by atoms with van der Waals surface area (Å²) in [5.41, 5.74) is 1.36. The summed E-state index contributed by atoms with van der Waals surface area (Å²) >= 11 is 1.45. The molecule has 3 amide bonds. The number of imide groups is 1. The molecule has 3 heterocycles. The number of hydrogen-bond donors (Lipinski definition) is 1. The van der Waals surface area contributed by atoms with Crippen molar-refractivity contribution in [3.63, 3.8) is 0 Å². The molecule has 8 nitrogen and oxygen atoms in total. The number of amides is 3. The Hall–Kier alpha value is -3.07. The van der Waals surface area contributed by atoms with Gasteiger partial charge < -0.3 is 9.88 Å². The van der Waals surface area contributed by atoms with Crippen LogP contribution in [0, 0.1) is 0 Å². The molecular formula is C19H19N5O3S. The number of anilines is 1. The summed E-state index contributed by atoms with van der Waals surface area (Å²) in [5.74, 6) is 1.10. The van der Waals surface area contributed by atoms with Gasteiger partial charge in [-0.15, -0.1) is 0 Å². The van der Waals surface area contributed by atoms with Crippen molar-refractivity contribution in [1.29, 1.82) is 0 Å². The molecular weight excluding hydrogens is 378 g/mol. The number of nitrogens with zero attached hydrogens (tertiary/aromatic N) is 4. The molecule has 0 bridgehead atoms. The number of carbonyl (C=O) groups is 3. The van der Waals surface area contributed by atoms with Gasteiger partial charge in [0, 0.05) is 26.4 Å². The fourth-order valence-corrected chi connectivity index (χ4v) is 4.06. The van der Waals surface area contributed by atoms with Crippen molar-refractivity contribution in [2.45, 2.75) is 11.6 Å². The van der Waals surface area contributed by atoms with Gasteiger partial charge in [-0.05, 0) is 18.6 Å². The fourth-order valence-electron chi connectivity index (χ4n) is 3.27. The summed E-state index contributed by atoms with van der Waals surface area (Å²) in [4.78, 5) is 49.1. The highest BCUT2D eigenvalue weighted by atomic mass is 32.2. The number of fused-ring (bicyclic) bond motifs is 2. The van der Waals surface area contributed by atoms with E-state index in [2.05, 4.69) is 16.5 Å². The minimum atomic E-state index is -0.243. The third kappa shape index (κ3) is 2.78. The van der Waals surface area contributed by atoms with Gasteiger partial charge in [-0.3, -0.25) is 24.2 Å². The Labute approximate surface area is 166 Å². The number of imidazole rings is 1. The first-order valence-electron chi connectivity index (χ1n) is 8.79. The van der Waals surface area contributed by atoms with E-state index in [9.17, 15) is 14.4 Å². The number of nitrogens with one attached hydrogen (secondary N) is 1. The van der Waals surface area contributed by atoms with Crippen LogP contribution in [0.2, 0.25) is 0 Å². The molecule has 0 saturated heterocycles. The summed E-state index contributed by atoms with van der Waals surface area (Å²) in [6.07, 6.45) is 0.623. The molecule has 0 spiro atoms. The molecule has 0 atom stereocenters. The second-order valence-electron chi connectivity index (χ2n) is 6.59. The van der Waals surface area contributed by atoms with Gasteiger partial charge in [-0.25, -0.2) is 4.98 Å². The van der Waals surface area contributed by atoms with Crippen LogP contribution >= 0.6 is 11.8 Å². The molecule has 0 unspecified atom stereocenters. The number of H-pyrrole nitrogens is 1. The van der Waals surface area contributed by atoms with E-state index in [1.54, 1.807) is 36.2 Å². The molecule has 1 N–H and O–H groups in total. The predicted octanol–water partition coefficient (Wildman–Crippen LogP) is 2.18. The maximum absolute atomic E-state index is 12.4. The quantitative estimate of drug-likeness (QED) is 0.473. The van der Waals surface area contributed by atoms with Gasteiger partial charge in [-0.1, -0.05) is 30.5 Å². The van der Waals surface area contributed by atoms with Crippen LogP contribution in [-0.2, 0) is 0 Å². The smallest absolute Gasteiger partial charge is 0.279 e. The van der Waals surface area contributed by atoms with Gasteiger partial charge >= 0.3 is 0 Å². The molecule has 9 heteroatoms. The van der Waals surface area contributed by atoms with Gasteiger partial charge in [0.15, 0.2) is 16.7 Å². The van der Waals surface area contributed by atoms with Gasteiger partial charge in [0.1, 0.15) is 5.82 Å². The van der Waals surface area contributed by atoms with Crippen molar-refractivity contribution in [3.8, 4) is 0 Å². The standard InChI is InChI=1S/C19H19N5O3S/c1-11-22(2)15-14(18(27)23(11)3)20-19(21-15)28-10-6-9-24-16(25)12-7-4-5-8-13(12)17(24)26/h4-5,7-8H,1,6,9-10H2,2-3H3,(H,20,21). The first-order chi connectivity index (χ1) is 13.4. The molecule has 0 saturated carbocycles. The Balaban J connectivity index is 1.37. The third-order valence-electron chi connectivity index (χ3n) is 4.92. The molecule has 2 aromatic rings. The van der Waals surface area contributed by atoms with Crippen LogP contribution in [0.5, 0.6) is 0 Å². The summed E-state index contributed by atoms with van der Waals surface area (Å²) in [7, 11) is 3.47. The minimum absolute atomic E-state index is 0.177. The van der Waals surface area contributed by atoms with E-state index in [0.717, 1.165) is 0 Å². The monoisotopic (exact) mass is 397 g/mol. The molecule has 1 aromatic heterocycles. The SMILES string of the molecule is C=C1N(C)C(=O)c2[nH]c(SCCCN3C(=O)c4ccccc4C3=O)nc2N1C. The lowest BCUT2D eigenvalue weighted by Crippen LogP contribution is -2.40. The number of aromatic amines is 1. The molecule has 0 fully saturated rings. The first-order valence-corrected chi connectivity index (χ1v) is 9.77. The second kappa shape index (κ2) is 6.83. The van der Waals surface area contributed by atoms with E-state index in [-0.39, 0.29) is 17.7 Å². The van der Waals surface area contributed by atoms with Crippen molar-refractivity contribution >= 4 is 35.3 Å². The Morgan fingerprint density at radius 2 is 1.68 bits per heavy atom. The highest BCUT2D eigenvalue weighted by Gasteiger charge is 2.35. The van der Waals surface area contributed by atoms with Crippen LogP contribution < -0.4 is 4.90 Å². The Morgan fingerprint density at radius 1 is 1.04 bits per heavy atom. The zero-order chi connectivity index (χ0) is 20.0. The number of thioether (sulfide) groups is 1. The molecule has 0 radical (unpaired) electrons. The number of aromatic nitrogens is 2. The number of benzene rings is 1. The van der Waals surface area contributed by atoms with Crippen molar-refractivity contribution in [3.05, 3.63) is 53.5 Å². The zero-order valence-electron chi connectivity index (χ0n) is 15.6. The van der Waals surface area contributed by atoms with Crippen LogP contribution in [-0.4, -0.2) is 63.9 Å². The highest BCUT2D eigenvalue weighted by molar-refractivity contribution is 7.99. The van der Waals surface area contributed by atoms with E-state index >= 15 is 0 Å².